The van der Waals surface area contributed by atoms with Crippen LogP contribution in [0.1, 0.15) is 16.1 Å². The average molecular weight is 347 g/mol. The quantitative estimate of drug-likeness (QED) is 0.651. The maximum Gasteiger partial charge on any atom is 0.335 e. The van der Waals surface area contributed by atoms with Crippen LogP contribution in [0, 0.1) is 6.92 Å². The van der Waals surface area contributed by atoms with Crippen molar-refractivity contribution in [1.82, 2.24) is 10.2 Å². The summed E-state index contributed by atoms with van der Waals surface area (Å²) in [6.45, 7) is 1.80. The molecule has 24 heavy (non-hydrogen) atoms. The number of aromatic nitrogens is 2. The molecule has 0 radical (unpaired) electrons. The molecule has 0 aliphatic rings. The summed E-state index contributed by atoms with van der Waals surface area (Å²) in [5, 5.41) is 15.4. The van der Waals surface area contributed by atoms with Crippen LogP contribution in [-0.2, 0) is 10.0 Å². The molecule has 3 aromatic rings. The first-order valence-electron chi connectivity index (χ1n) is 6.83. The van der Waals surface area contributed by atoms with Gasteiger partial charge in [0.2, 0.25) is 0 Å². The number of anilines is 1. The van der Waals surface area contributed by atoms with Gasteiger partial charge in [0, 0.05) is 6.07 Å². The number of nitrogens with zero attached hydrogens (tertiary/aromatic N) is 1. The number of carboxylic acid groups (broad SMARTS) is 1. The molecule has 3 N–H and O–H groups in total. The van der Waals surface area contributed by atoms with Gasteiger partial charge >= 0.3 is 5.97 Å². The van der Waals surface area contributed by atoms with E-state index >= 15 is 0 Å². The van der Waals surface area contributed by atoms with E-state index in [1.165, 1.54) is 30.3 Å². The Hall–Kier alpha value is -3.07. The highest BCUT2D eigenvalue weighted by atomic mass is 32.2. The lowest BCUT2D eigenvalue weighted by atomic mass is 10.2. The third-order valence-electron chi connectivity index (χ3n) is 3.23. The number of nitrogens with one attached hydrogen (secondary N) is 2. The van der Waals surface area contributed by atoms with Crippen molar-refractivity contribution >= 4 is 21.8 Å². The SMILES string of the molecule is Cc1ccc(-c2cc(NS(=O)(=O)c3ccc(C(=O)O)cc3)n[nH]2)o1. The van der Waals surface area contributed by atoms with E-state index in [2.05, 4.69) is 14.9 Å². The summed E-state index contributed by atoms with van der Waals surface area (Å²) >= 11 is 0. The Balaban J connectivity index is 1.82. The van der Waals surface area contributed by atoms with E-state index in [0.717, 1.165) is 5.76 Å². The average Bonchev–Trinajstić information content (AvgIpc) is 3.16. The van der Waals surface area contributed by atoms with Crippen LogP contribution < -0.4 is 4.72 Å². The Kier molecular flexibility index (Phi) is 3.86. The number of aryl methyl sites for hydroxylation is 1. The fraction of sp³-hybridized carbons (Fsp3) is 0.0667. The van der Waals surface area contributed by atoms with E-state index in [-0.39, 0.29) is 16.3 Å². The number of hydrogen-bond donors (Lipinski definition) is 3. The predicted octanol–water partition coefficient (Wildman–Crippen LogP) is 2.48. The van der Waals surface area contributed by atoms with Gasteiger partial charge in [0.05, 0.1) is 10.5 Å². The van der Waals surface area contributed by atoms with Crippen molar-refractivity contribution in [3.05, 3.63) is 53.8 Å². The molecule has 2 aromatic heterocycles. The third-order valence-corrected chi connectivity index (χ3v) is 4.60. The van der Waals surface area contributed by atoms with Gasteiger partial charge in [-0.15, -0.1) is 0 Å². The maximum atomic E-state index is 12.3. The van der Waals surface area contributed by atoms with Crippen molar-refractivity contribution in [3.63, 3.8) is 0 Å². The highest BCUT2D eigenvalue weighted by Crippen LogP contribution is 2.23. The lowest BCUT2D eigenvalue weighted by molar-refractivity contribution is 0.0696. The fourth-order valence-corrected chi connectivity index (χ4v) is 3.04. The number of benzene rings is 1. The Morgan fingerprint density at radius 3 is 2.50 bits per heavy atom. The van der Waals surface area contributed by atoms with E-state index < -0.39 is 16.0 Å². The Labute approximate surface area is 137 Å². The number of carbonyl (C=O) groups is 1. The molecule has 8 nitrogen and oxygen atoms in total. The Morgan fingerprint density at radius 1 is 1.21 bits per heavy atom. The summed E-state index contributed by atoms with van der Waals surface area (Å²) in [5.74, 6) is 0.232. The van der Waals surface area contributed by atoms with Gasteiger partial charge < -0.3 is 9.52 Å². The van der Waals surface area contributed by atoms with E-state index in [1.807, 2.05) is 0 Å². The summed E-state index contributed by atoms with van der Waals surface area (Å²) in [6, 6.07) is 9.90. The van der Waals surface area contributed by atoms with Crippen molar-refractivity contribution in [2.45, 2.75) is 11.8 Å². The van der Waals surface area contributed by atoms with Gasteiger partial charge in [0.15, 0.2) is 11.6 Å². The zero-order valence-corrected chi connectivity index (χ0v) is 13.3. The van der Waals surface area contributed by atoms with E-state index in [0.29, 0.717) is 11.5 Å². The zero-order chi connectivity index (χ0) is 17.3. The third kappa shape index (κ3) is 3.15. The summed E-state index contributed by atoms with van der Waals surface area (Å²) < 4.78 is 32.3. The first-order chi connectivity index (χ1) is 11.3. The molecule has 0 saturated carbocycles. The number of aromatic carboxylic acids is 1. The van der Waals surface area contributed by atoms with Crippen LogP contribution in [0.25, 0.3) is 11.5 Å². The lowest BCUT2D eigenvalue weighted by Crippen LogP contribution is -2.13. The largest absolute Gasteiger partial charge is 0.478 e. The van der Waals surface area contributed by atoms with Gasteiger partial charge in [-0.3, -0.25) is 9.82 Å². The summed E-state index contributed by atoms with van der Waals surface area (Å²) in [7, 11) is -3.88. The monoisotopic (exact) mass is 347 g/mol. The number of sulfonamides is 1. The van der Waals surface area contributed by atoms with Crippen molar-refractivity contribution in [3.8, 4) is 11.5 Å². The van der Waals surface area contributed by atoms with Crippen molar-refractivity contribution in [1.29, 1.82) is 0 Å². The second kappa shape index (κ2) is 5.85. The normalized spacial score (nSPS) is 11.4. The van der Waals surface area contributed by atoms with Gasteiger partial charge in [-0.25, -0.2) is 13.2 Å². The van der Waals surface area contributed by atoms with Gasteiger partial charge in [-0.2, -0.15) is 5.10 Å². The summed E-state index contributed by atoms with van der Waals surface area (Å²) in [6.07, 6.45) is 0. The van der Waals surface area contributed by atoms with Gasteiger partial charge in [0.25, 0.3) is 10.0 Å². The summed E-state index contributed by atoms with van der Waals surface area (Å²) in [4.78, 5) is 10.7. The van der Waals surface area contributed by atoms with Crippen LogP contribution in [-0.4, -0.2) is 29.7 Å². The second-order valence-corrected chi connectivity index (χ2v) is 6.69. The standard InChI is InChI=1S/C15H13N3O5S/c1-9-2-7-13(23-9)12-8-14(17-16-12)18-24(21,22)11-5-3-10(4-6-11)15(19)20/h2-8H,1H3,(H,19,20)(H2,16,17,18). The van der Waals surface area contributed by atoms with Crippen LogP contribution in [0.5, 0.6) is 0 Å². The lowest BCUT2D eigenvalue weighted by Gasteiger charge is -2.05. The molecule has 0 aliphatic heterocycles. The molecular formula is C15H13N3O5S. The second-order valence-electron chi connectivity index (χ2n) is 5.01. The number of furan rings is 1. The molecule has 0 atom stereocenters. The van der Waals surface area contributed by atoms with Gasteiger partial charge in [-0.05, 0) is 43.3 Å². The molecule has 0 bridgehead atoms. The fourth-order valence-electron chi connectivity index (χ4n) is 2.05. The molecule has 1 aromatic carbocycles. The van der Waals surface area contributed by atoms with Crippen LogP contribution >= 0.6 is 0 Å². The molecular weight excluding hydrogens is 334 g/mol. The van der Waals surface area contributed by atoms with Gasteiger partial charge in [-0.1, -0.05) is 0 Å². The Morgan fingerprint density at radius 2 is 1.92 bits per heavy atom. The smallest absolute Gasteiger partial charge is 0.335 e. The van der Waals surface area contributed by atoms with Crippen LogP contribution in [0.4, 0.5) is 5.82 Å². The molecule has 0 saturated heterocycles. The number of carboxylic acids is 1. The van der Waals surface area contributed by atoms with E-state index in [4.69, 9.17) is 9.52 Å². The number of rotatable bonds is 5. The van der Waals surface area contributed by atoms with Gasteiger partial charge in [0.1, 0.15) is 11.5 Å². The minimum atomic E-state index is -3.88. The molecule has 3 rings (SSSR count). The minimum absolute atomic E-state index is 0.00388. The zero-order valence-electron chi connectivity index (χ0n) is 12.5. The molecule has 9 heteroatoms. The number of aromatic amines is 1. The van der Waals surface area contributed by atoms with Crippen LogP contribution in [0.3, 0.4) is 0 Å². The van der Waals surface area contributed by atoms with Crippen LogP contribution in [0.15, 0.2) is 51.8 Å². The highest BCUT2D eigenvalue weighted by Gasteiger charge is 2.17. The van der Waals surface area contributed by atoms with Crippen LogP contribution in [0.2, 0.25) is 0 Å². The highest BCUT2D eigenvalue weighted by molar-refractivity contribution is 7.92. The van der Waals surface area contributed by atoms with Crippen molar-refractivity contribution in [2.24, 2.45) is 0 Å². The maximum absolute atomic E-state index is 12.3. The molecule has 0 aliphatic carbocycles. The number of H-pyrrole nitrogens is 1. The molecule has 0 amide bonds. The Bertz CT molecular complexity index is 986. The molecule has 0 fully saturated rings. The van der Waals surface area contributed by atoms with Crippen molar-refractivity contribution in [2.75, 3.05) is 4.72 Å². The first kappa shape index (κ1) is 15.8. The topological polar surface area (TPSA) is 125 Å². The number of hydrogen-bond acceptors (Lipinski definition) is 5. The molecule has 0 spiro atoms. The molecule has 124 valence electrons. The summed E-state index contributed by atoms with van der Waals surface area (Å²) in [5.41, 5.74) is 0.534. The van der Waals surface area contributed by atoms with Crippen molar-refractivity contribution < 1.29 is 22.7 Å². The predicted molar refractivity (Wildman–Crippen MR) is 85.2 cm³/mol. The van der Waals surface area contributed by atoms with E-state index in [1.54, 1.807) is 19.1 Å². The minimum Gasteiger partial charge on any atom is -0.478 e. The molecule has 0 unspecified atom stereocenters. The van der Waals surface area contributed by atoms with E-state index in [9.17, 15) is 13.2 Å². The molecule has 2 heterocycles. The first-order valence-corrected chi connectivity index (χ1v) is 8.32.